The van der Waals surface area contributed by atoms with E-state index in [1.54, 1.807) is 6.92 Å². The van der Waals surface area contributed by atoms with Crippen LogP contribution in [-0.2, 0) is 9.53 Å². The van der Waals surface area contributed by atoms with Crippen molar-refractivity contribution in [1.82, 2.24) is 5.32 Å². The van der Waals surface area contributed by atoms with E-state index in [2.05, 4.69) is 10.6 Å². The summed E-state index contributed by atoms with van der Waals surface area (Å²) in [5.74, 6) is -0.882. The summed E-state index contributed by atoms with van der Waals surface area (Å²) in [5.41, 5.74) is 1.87. The summed E-state index contributed by atoms with van der Waals surface area (Å²) in [6.07, 6.45) is -1.03. The summed E-state index contributed by atoms with van der Waals surface area (Å²) in [6, 6.07) is 9.39. The highest BCUT2D eigenvalue weighted by Gasteiger charge is 2.35. The second-order valence-electron chi connectivity index (χ2n) is 5.26. The number of carbonyl (C=O) groups excluding carboxylic acids is 2. The number of hydrogen-bond acceptors (Lipinski definition) is 5. The number of halogens is 3. The molecule has 9 heteroatoms. The highest BCUT2D eigenvalue weighted by atomic mass is 35.6. The van der Waals surface area contributed by atoms with Crippen LogP contribution in [0.4, 0.5) is 5.00 Å². The van der Waals surface area contributed by atoms with Crippen LogP contribution >= 0.6 is 46.1 Å². The lowest BCUT2D eigenvalue weighted by Gasteiger charge is -2.26. The largest absolute Gasteiger partial charge is 0.462 e. The SMILES string of the molecule is CCOC(=O)c1c(-c2ccccc2)csc1N[C@H](NC(C)=O)C(Cl)(Cl)Cl. The lowest BCUT2D eigenvalue weighted by atomic mass is 10.0. The number of benzene rings is 1. The van der Waals surface area contributed by atoms with E-state index in [0.29, 0.717) is 16.1 Å². The number of nitrogens with one attached hydrogen (secondary N) is 2. The summed E-state index contributed by atoms with van der Waals surface area (Å²) >= 11 is 19.1. The molecule has 1 heterocycles. The highest BCUT2D eigenvalue weighted by molar-refractivity contribution is 7.15. The van der Waals surface area contributed by atoms with Gasteiger partial charge in [0.2, 0.25) is 9.70 Å². The molecule has 0 aliphatic heterocycles. The van der Waals surface area contributed by atoms with Gasteiger partial charge in [-0.05, 0) is 12.5 Å². The summed E-state index contributed by atoms with van der Waals surface area (Å²) in [7, 11) is 0. The Balaban J connectivity index is 2.46. The van der Waals surface area contributed by atoms with Gasteiger partial charge in [0.05, 0.1) is 6.61 Å². The lowest BCUT2D eigenvalue weighted by Crippen LogP contribution is -2.48. The van der Waals surface area contributed by atoms with E-state index in [1.165, 1.54) is 18.3 Å². The smallest absolute Gasteiger partial charge is 0.341 e. The molecule has 0 unspecified atom stereocenters. The summed E-state index contributed by atoms with van der Waals surface area (Å²) in [6.45, 7) is 3.25. The maximum atomic E-state index is 12.5. The third-order valence-electron chi connectivity index (χ3n) is 3.31. The van der Waals surface area contributed by atoms with Crippen molar-refractivity contribution in [1.29, 1.82) is 0 Å². The van der Waals surface area contributed by atoms with Crippen LogP contribution in [0.3, 0.4) is 0 Å². The van der Waals surface area contributed by atoms with Crippen LogP contribution in [0.25, 0.3) is 11.1 Å². The van der Waals surface area contributed by atoms with Gasteiger partial charge >= 0.3 is 5.97 Å². The normalized spacial score (nSPS) is 12.3. The molecule has 0 aliphatic rings. The quantitative estimate of drug-likeness (QED) is 0.387. The van der Waals surface area contributed by atoms with Crippen molar-refractivity contribution in [2.75, 3.05) is 11.9 Å². The van der Waals surface area contributed by atoms with E-state index in [0.717, 1.165) is 5.56 Å². The fourth-order valence-electron chi connectivity index (χ4n) is 2.23. The zero-order valence-electron chi connectivity index (χ0n) is 14.0. The number of thiophene rings is 1. The third-order valence-corrected chi connectivity index (χ3v) is 4.87. The fraction of sp³-hybridized carbons (Fsp3) is 0.294. The minimum atomic E-state index is -1.82. The summed E-state index contributed by atoms with van der Waals surface area (Å²) in [4.78, 5) is 24.0. The van der Waals surface area contributed by atoms with Gasteiger partial charge in [0.1, 0.15) is 16.7 Å². The topological polar surface area (TPSA) is 67.4 Å². The molecule has 0 aliphatic carbocycles. The molecule has 2 aromatic rings. The van der Waals surface area contributed by atoms with Crippen molar-refractivity contribution in [3.05, 3.63) is 41.3 Å². The van der Waals surface area contributed by atoms with Crippen LogP contribution in [0.5, 0.6) is 0 Å². The van der Waals surface area contributed by atoms with Gasteiger partial charge in [0.15, 0.2) is 0 Å². The number of amides is 1. The lowest BCUT2D eigenvalue weighted by molar-refractivity contribution is -0.119. The number of ether oxygens (including phenoxy) is 1. The predicted octanol–water partition coefficient (Wildman–Crippen LogP) is 4.84. The highest BCUT2D eigenvalue weighted by Crippen LogP contribution is 2.39. The Morgan fingerprint density at radius 1 is 1.23 bits per heavy atom. The van der Waals surface area contributed by atoms with Crippen LogP contribution in [0.2, 0.25) is 0 Å². The molecule has 2 rings (SSSR count). The molecule has 0 spiro atoms. The van der Waals surface area contributed by atoms with Gasteiger partial charge in [0, 0.05) is 17.9 Å². The van der Waals surface area contributed by atoms with Crippen molar-refractivity contribution in [3.8, 4) is 11.1 Å². The molecule has 140 valence electrons. The number of alkyl halides is 3. The van der Waals surface area contributed by atoms with Crippen molar-refractivity contribution < 1.29 is 14.3 Å². The molecule has 0 radical (unpaired) electrons. The maximum Gasteiger partial charge on any atom is 0.341 e. The van der Waals surface area contributed by atoms with Crippen molar-refractivity contribution in [2.45, 2.75) is 23.8 Å². The van der Waals surface area contributed by atoms with E-state index in [-0.39, 0.29) is 12.5 Å². The first-order valence-corrected chi connectivity index (χ1v) is 9.69. The number of carbonyl (C=O) groups is 2. The standard InChI is InChI=1S/C17H17Cl3N2O3S/c1-3-25-15(24)13-12(11-7-5-4-6-8-11)9-26-14(13)22-16(17(18,19)20)21-10(2)23/h4-9,16,22H,3H2,1-2H3,(H,21,23)/t16-/m0/s1. The molecule has 1 atom stereocenters. The predicted molar refractivity (Wildman–Crippen MR) is 107 cm³/mol. The molecule has 0 saturated carbocycles. The summed E-state index contributed by atoms with van der Waals surface area (Å²) in [5, 5.41) is 7.71. The first-order valence-electron chi connectivity index (χ1n) is 7.68. The minimum absolute atomic E-state index is 0.224. The Morgan fingerprint density at radius 2 is 1.88 bits per heavy atom. The molecule has 5 nitrogen and oxygen atoms in total. The maximum absolute atomic E-state index is 12.5. The van der Waals surface area contributed by atoms with Crippen LogP contribution in [0.15, 0.2) is 35.7 Å². The van der Waals surface area contributed by atoms with Crippen molar-refractivity contribution in [3.63, 3.8) is 0 Å². The number of hydrogen-bond donors (Lipinski definition) is 2. The summed E-state index contributed by atoms with van der Waals surface area (Å²) < 4.78 is 3.35. The van der Waals surface area contributed by atoms with Gasteiger partial charge in [-0.25, -0.2) is 4.79 Å². The second-order valence-corrected chi connectivity index (χ2v) is 8.51. The van der Waals surface area contributed by atoms with Crippen LogP contribution in [-0.4, -0.2) is 28.4 Å². The number of anilines is 1. The Bertz CT molecular complexity index is 775. The molecule has 2 N–H and O–H groups in total. The Morgan fingerprint density at radius 3 is 2.42 bits per heavy atom. The van der Waals surface area contributed by atoms with E-state index in [4.69, 9.17) is 39.5 Å². The van der Waals surface area contributed by atoms with Crippen LogP contribution in [0, 0.1) is 0 Å². The molecular weight excluding hydrogens is 419 g/mol. The van der Waals surface area contributed by atoms with E-state index in [9.17, 15) is 9.59 Å². The number of rotatable bonds is 6. The van der Waals surface area contributed by atoms with Gasteiger partial charge in [0.25, 0.3) is 0 Å². The van der Waals surface area contributed by atoms with E-state index in [1.807, 2.05) is 35.7 Å². The van der Waals surface area contributed by atoms with Crippen LogP contribution < -0.4 is 10.6 Å². The Kier molecular flexibility index (Phi) is 7.17. The molecule has 1 amide bonds. The van der Waals surface area contributed by atoms with Gasteiger partial charge in [-0.15, -0.1) is 11.3 Å². The fourth-order valence-corrected chi connectivity index (χ4v) is 3.55. The van der Waals surface area contributed by atoms with Gasteiger partial charge in [-0.3, -0.25) is 4.79 Å². The first-order chi connectivity index (χ1) is 12.2. The molecule has 0 fully saturated rings. The van der Waals surface area contributed by atoms with Gasteiger partial charge in [-0.2, -0.15) is 0 Å². The molecule has 1 aromatic carbocycles. The third kappa shape index (κ3) is 5.27. The van der Waals surface area contributed by atoms with Crippen LogP contribution in [0.1, 0.15) is 24.2 Å². The van der Waals surface area contributed by atoms with Gasteiger partial charge < -0.3 is 15.4 Å². The monoisotopic (exact) mass is 434 g/mol. The molecule has 1 aromatic heterocycles. The number of esters is 1. The molecular formula is C17H17Cl3N2O3S. The average molecular weight is 436 g/mol. The Hall–Kier alpha value is -1.47. The van der Waals surface area contributed by atoms with E-state index < -0.39 is 15.9 Å². The second kappa shape index (κ2) is 8.95. The van der Waals surface area contributed by atoms with Crippen molar-refractivity contribution >= 4 is 63.0 Å². The average Bonchev–Trinajstić information content (AvgIpc) is 2.98. The molecule has 0 bridgehead atoms. The molecule has 0 saturated heterocycles. The minimum Gasteiger partial charge on any atom is -0.462 e. The zero-order chi connectivity index (χ0) is 19.3. The van der Waals surface area contributed by atoms with E-state index >= 15 is 0 Å². The van der Waals surface area contributed by atoms with Gasteiger partial charge in [-0.1, -0.05) is 65.1 Å². The van der Waals surface area contributed by atoms with Crippen molar-refractivity contribution in [2.24, 2.45) is 0 Å². The zero-order valence-corrected chi connectivity index (χ0v) is 17.1. The molecule has 26 heavy (non-hydrogen) atoms. The first kappa shape index (κ1) is 20.8. The Labute approximate surface area is 170 Å².